The lowest BCUT2D eigenvalue weighted by atomic mass is 9.96. The van der Waals surface area contributed by atoms with Gasteiger partial charge in [-0.05, 0) is 19.3 Å². The van der Waals surface area contributed by atoms with Crippen LogP contribution in [0, 0.1) is 12.8 Å². The van der Waals surface area contributed by atoms with E-state index < -0.39 is 0 Å². The van der Waals surface area contributed by atoms with Crippen molar-refractivity contribution in [2.45, 2.75) is 26.4 Å². The van der Waals surface area contributed by atoms with Gasteiger partial charge in [-0.2, -0.15) is 5.10 Å². The Labute approximate surface area is 113 Å². The summed E-state index contributed by atoms with van der Waals surface area (Å²) in [6.07, 6.45) is 0.709. The third kappa shape index (κ3) is 2.16. The molecule has 3 rings (SSSR count). The molecule has 0 saturated carbocycles. The molecule has 100 valence electrons. The fourth-order valence-corrected chi connectivity index (χ4v) is 2.70. The van der Waals surface area contributed by atoms with Crippen LogP contribution in [0.3, 0.4) is 0 Å². The second-order valence-corrected chi connectivity index (χ2v) is 5.43. The van der Waals surface area contributed by atoms with Gasteiger partial charge in [0.1, 0.15) is 0 Å². The molecule has 2 atom stereocenters. The predicted molar refractivity (Wildman–Crippen MR) is 76.3 cm³/mol. The maximum absolute atomic E-state index is 10.0. The number of aryl methyl sites for hydroxylation is 1. The first-order valence-corrected chi connectivity index (χ1v) is 6.82. The Balaban J connectivity index is 2.04. The normalized spacial score (nSPS) is 23.8. The van der Waals surface area contributed by atoms with E-state index >= 15 is 0 Å². The van der Waals surface area contributed by atoms with E-state index in [9.17, 15) is 5.11 Å². The lowest BCUT2D eigenvalue weighted by Gasteiger charge is -2.35. The molecule has 1 fully saturated rings. The van der Waals surface area contributed by atoms with E-state index in [2.05, 4.69) is 34.2 Å². The molecule has 4 nitrogen and oxygen atoms in total. The van der Waals surface area contributed by atoms with Gasteiger partial charge in [0.25, 0.3) is 0 Å². The predicted octanol–water partition coefficient (Wildman–Crippen LogP) is 2.15. The molecular formula is C15H19N3O. The summed E-state index contributed by atoms with van der Waals surface area (Å²) in [5.74, 6) is 1.26. The summed E-state index contributed by atoms with van der Waals surface area (Å²) >= 11 is 0. The number of β-amino-alcohol motifs (C(OH)–C–C–N with tert-alkyl or cyclic N) is 1. The number of nitrogens with zero attached hydrogens (tertiary/aromatic N) is 3. The van der Waals surface area contributed by atoms with Gasteiger partial charge in [0.2, 0.25) is 0 Å². The molecule has 1 saturated heterocycles. The Hall–Kier alpha value is -1.68. The van der Waals surface area contributed by atoms with Gasteiger partial charge in [0.15, 0.2) is 5.82 Å². The lowest BCUT2D eigenvalue weighted by molar-refractivity contribution is 0.102. The van der Waals surface area contributed by atoms with Gasteiger partial charge in [0, 0.05) is 23.9 Å². The van der Waals surface area contributed by atoms with Crippen LogP contribution in [0.15, 0.2) is 24.3 Å². The minimum absolute atomic E-state index is 0.282. The largest absolute Gasteiger partial charge is 0.391 e. The topological polar surface area (TPSA) is 49.2 Å². The number of fused-ring (bicyclic) bond motifs is 1. The maximum Gasteiger partial charge on any atom is 0.159 e. The molecule has 0 radical (unpaired) electrons. The van der Waals surface area contributed by atoms with Gasteiger partial charge < -0.3 is 10.0 Å². The van der Waals surface area contributed by atoms with Crippen LogP contribution in [-0.4, -0.2) is 34.5 Å². The van der Waals surface area contributed by atoms with Gasteiger partial charge in [-0.3, -0.25) is 0 Å². The van der Waals surface area contributed by atoms with Crippen LogP contribution in [0.1, 0.15) is 19.0 Å². The van der Waals surface area contributed by atoms with E-state index in [1.807, 2.05) is 19.1 Å². The zero-order valence-corrected chi connectivity index (χ0v) is 11.4. The molecule has 0 aliphatic carbocycles. The number of hydrogen-bond acceptors (Lipinski definition) is 4. The molecule has 2 aromatic rings. The number of anilines is 1. The maximum atomic E-state index is 10.0. The first-order chi connectivity index (χ1) is 9.16. The fraction of sp³-hybridized carbons (Fsp3) is 0.467. The Kier molecular flexibility index (Phi) is 3.11. The summed E-state index contributed by atoms with van der Waals surface area (Å²) in [4.78, 5) is 2.15. The highest BCUT2D eigenvalue weighted by atomic mass is 16.3. The van der Waals surface area contributed by atoms with Crippen molar-refractivity contribution in [3.8, 4) is 0 Å². The van der Waals surface area contributed by atoms with Crippen molar-refractivity contribution < 1.29 is 5.11 Å². The summed E-state index contributed by atoms with van der Waals surface area (Å²) in [7, 11) is 0. The molecule has 1 aromatic carbocycles. The van der Waals surface area contributed by atoms with Gasteiger partial charge in [-0.15, -0.1) is 5.10 Å². The molecule has 1 aliphatic heterocycles. The highest BCUT2D eigenvalue weighted by Crippen LogP contribution is 2.28. The summed E-state index contributed by atoms with van der Waals surface area (Å²) < 4.78 is 0. The minimum Gasteiger partial charge on any atom is -0.391 e. The van der Waals surface area contributed by atoms with E-state index in [-0.39, 0.29) is 6.10 Å². The molecule has 2 unspecified atom stereocenters. The number of aliphatic hydroxyl groups excluding tert-OH is 1. The SMILES string of the molecule is Cc1nnc(N2CCC(C)C(O)C2)c2ccccc12. The zero-order valence-electron chi connectivity index (χ0n) is 11.4. The molecule has 1 N–H and O–H groups in total. The minimum atomic E-state index is -0.282. The third-order valence-corrected chi connectivity index (χ3v) is 4.07. The van der Waals surface area contributed by atoms with E-state index in [0.29, 0.717) is 12.5 Å². The smallest absolute Gasteiger partial charge is 0.159 e. The first-order valence-electron chi connectivity index (χ1n) is 6.82. The molecule has 0 spiro atoms. The van der Waals surface area contributed by atoms with Gasteiger partial charge in [-0.25, -0.2) is 0 Å². The zero-order chi connectivity index (χ0) is 13.4. The Morgan fingerprint density at radius 2 is 1.95 bits per heavy atom. The number of benzene rings is 1. The summed E-state index contributed by atoms with van der Waals surface area (Å²) in [6, 6.07) is 8.20. The average Bonchev–Trinajstić information content (AvgIpc) is 2.43. The van der Waals surface area contributed by atoms with Crippen LogP contribution >= 0.6 is 0 Å². The molecule has 0 amide bonds. The summed E-state index contributed by atoms with van der Waals surface area (Å²) in [6.45, 7) is 5.65. The van der Waals surface area contributed by atoms with Crippen LogP contribution in [0.4, 0.5) is 5.82 Å². The lowest BCUT2D eigenvalue weighted by Crippen LogP contribution is -2.43. The van der Waals surface area contributed by atoms with Gasteiger partial charge >= 0.3 is 0 Å². The Bertz CT molecular complexity index is 599. The molecular weight excluding hydrogens is 238 g/mol. The van der Waals surface area contributed by atoms with Crippen LogP contribution in [-0.2, 0) is 0 Å². The highest BCUT2D eigenvalue weighted by Gasteiger charge is 2.26. The standard InChI is InChI=1S/C15H19N3O/c1-10-7-8-18(9-14(10)19)15-13-6-4-3-5-12(13)11(2)16-17-15/h3-6,10,14,19H,7-9H2,1-2H3. The molecule has 4 heteroatoms. The fourth-order valence-electron chi connectivity index (χ4n) is 2.70. The molecule has 1 aromatic heterocycles. The van der Waals surface area contributed by atoms with E-state index in [1.165, 1.54) is 0 Å². The molecule has 2 heterocycles. The average molecular weight is 257 g/mol. The molecule has 19 heavy (non-hydrogen) atoms. The number of rotatable bonds is 1. The number of aliphatic hydroxyl groups is 1. The van der Waals surface area contributed by atoms with E-state index in [0.717, 1.165) is 35.2 Å². The third-order valence-electron chi connectivity index (χ3n) is 4.07. The summed E-state index contributed by atoms with van der Waals surface area (Å²) in [5, 5.41) is 20.9. The van der Waals surface area contributed by atoms with Crippen LogP contribution in [0.2, 0.25) is 0 Å². The van der Waals surface area contributed by atoms with Crippen molar-refractivity contribution in [3.63, 3.8) is 0 Å². The quantitative estimate of drug-likeness (QED) is 0.850. The van der Waals surface area contributed by atoms with Crippen LogP contribution in [0.25, 0.3) is 10.8 Å². The van der Waals surface area contributed by atoms with E-state index in [4.69, 9.17) is 0 Å². The van der Waals surface area contributed by atoms with Crippen molar-refractivity contribution in [2.24, 2.45) is 5.92 Å². The molecule has 1 aliphatic rings. The second kappa shape index (κ2) is 4.78. The number of hydrogen-bond donors (Lipinski definition) is 1. The van der Waals surface area contributed by atoms with Crippen molar-refractivity contribution in [1.29, 1.82) is 0 Å². The van der Waals surface area contributed by atoms with Crippen molar-refractivity contribution in [3.05, 3.63) is 30.0 Å². The molecule has 0 bridgehead atoms. The first kappa shape index (κ1) is 12.4. The van der Waals surface area contributed by atoms with E-state index in [1.54, 1.807) is 0 Å². The monoisotopic (exact) mass is 257 g/mol. The van der Waals surface area contributed by atoms with Crippen molar-refractivity contribution >= 4 is 16.6 Å². The van der Waals surface area contributed by atoms with Crippen molar-refractivity contribution in [2.75, 3.05) is 18.0 Å². The van der Waals surface area contributed by atoms with Crippen LogP contribution < -0.4 is 4.90 Å². The van der Waals surface area contributed by atoms with Gasteiger partial charge in [0.05, 0.1) is 11.8 Å². The second-order valence-electron chi connectivity index (χ2n) is 5.43. The number of piperidine rings is 1. The van der Waals surface area contributed by atoms with Crippen molar-refractivity contribution in [1.82, 2.24) is 10.2 Å². The van der Waals surface area contributed by atoms with Gasteiger partial charge in [-0.1, -0.05) is 31.2 Å². The number of aromatic nitrogens is 2. The highest BCUT2D eigenvalue weighted by molar-refractivity contribution is 5.93. The Morgan fingerprint density at radius 1 is 1.21 bits per heavy atom. The van der Waals surface area contributed by atoms with Crippen LogP contribution in [0.5, 0.6) is 0 Å². The Morgan fingerprint density at radius 3 is 2.68 bits per heavy atom. The summed E-state index contributed by atoms with van der Waals surface area (Å²) in [5.41, 5.74) is 0.949.